The fourth-order valence-electron chi connectivity index (χ4n) is 2.73. The molecule has 0 bridgehead atoms. The number of rotatable bonds is 3. The Morgan fingerprint density at radius 2 is 1.88 bits per heavy atom. The van der Waals surface area contributed by atoms with Crippen molar-refractivity contribution in [2.45, 2.75) is 76.9 Å². The summed E-state index contributed by atoms with van der Waals surface area (Å²) < 4.78 is 11.8. The van der Waals surface area contributed by atoms with E-state index in [0.29, 0.717) is 6.10 Å². The maximum absolute atomic E-state index is 5.91. The van der Waals surface area contributed by atoms with E-state index in [9.17, 15) is 0 Å². The number of hydrogen-bond donors (Lipinski definition) is 0. The summed E-state index contributed by atoms with van der Waals surface area (Å²) in [4.78, 5) is 0. The largest absolute Gasteiger partial charge is 0.496 e. The molecule has 1 aliphatic heterocycles. The number of allylic oxidation sites excluding steroid dienone is 1. The van der Waals surface area contributed by atoms with Crippen molar-refractivity contribution in [1.82, 2.24) is 0 Å². The molecular weight excluding hydrogens is 212 g/mol. The van der Waals surface area contributed by atoms with Crippen LogP contribution in [-0.4, -0.2) is 18.8 Å². The Kier molecular flexibility index (Phi) is 5.37. The monoisotopic (exact) mass is 238 g/mol. The van der Waals surface area contributed by atoms with Crippen LogP contribution in [0.1, 0.15) is 64.7 Å². The van der Waals surface area contributed by atoms with E-state index in [1.165, 1.54) is 56.9 Å². The molecule has 2 aliphatic rings. The second kappa shape index (κ2) is 7.05. The maximum atomic E-state index is 5.91. The van der Waals surface area contributed by atoms with Crippen molar-refractivity contribution in [2.24, 2.45) is 0 Å². The molecule has 2 atom stereocenters. The third kappa shape index (κ3) is 4.34. The summed E-state index contributed by atoms with van der Waals surface area (Å²) >= 11 is 0. The summed E-state index contributed by atoms with van der Waals surface area (Å²) in [6.07, 6.45) is 14.0. The van der Waals surface area contributed by atoms with Crippen molar-refractivity contribution < 1.29 is 9.47 Å². The lowest BCUT2D eigenvalue weighted by Gasteiger charge is -2.26. The molecule has 98 valence electrons. The molecule has 2 nitrogen and oxygen atoms in total. The first kappa shape index (κ1) is 12.9. The van der Waals surface area contributed by atoms with E-state index in [-0.39, 0.29) is 6.10 Å². The molecule has 1 aliphatic carbocycles. The smallest absolute Gasteiger partial charge is 0.121 e. The molecular formula is C15H26O2. The molecule has 2 fully saturated rings. The van der Waals surface area contributed by atoms with E-state index < -0.39 is 0 Å². The summed E-state index contributed by atoms with van der Waals surface area (Å²) in [5.41, 5.74) is 1.49. The highest BCUT2D eigenvalue weighted by Crippen LogP contribution is 2.24. The predicted octanol–water partition coefficient (Wildman–Crippen LogP) is 4.20. The molecule has 0 N–H and O–H groups in total. The van der Waals surface area contributed by atoms with Gasteiger partial charge in [-0.1, -0.05) is 19.3 Å². The Hall–Kier alpha value is -0.500. The average Bonchev–Trinajstić information content (AvgIpc) is 2.78. The van der Waals surface area contributed by atoms with Gasteiger partial charge in [-0.2, -0.15) is 0 Å². The first-order valence-corrected chi connectivity index (χ1v) is 7.31. The summed E-state index contributed by atoms with van der Waals surface area (Å²) in [6.45, 7) is 3.06. The van der Waals surface area contributed by atoms with Gasteiger partial charge in [0.15, 0.2) is 0 Å². The molecule has 2 heteroatoms. The fraction of sp³-hybridized carbons (Fsp3) is 0.867. The minimum atomic E-state index is 0.209. The van der Waals surface area contributed by atoms with Gasteiger partial charge in [-0.25, -0.2) is 0 Å². The van der Waals surface area contributed by atoms with Gasteiger partial charge in [-0.3, -0.25) is 0 Å². The molecule has 1 saturated heterocycles. The SMILES string of the molecule is CC(OC=C1CCCC1)C1CCCCCCO1. The van der Waals surface area contributed by atoms with Crippen LogP contribution >= 0.6 is 0 Å². The van der Waals surface area contributed by atoms with Crippen molar-refractivity contribution in [3.8, 4) is 0 Å². The van der Waals surface area contributed by atoms with E-state index in [1.54, 1.807) is 0 Å². The summed E-state index contributed by atoms with van der Waals surface area (Å²) in [7, 11) is 0. The highest BCUT2D eigenvalue weighted by Gasteiger charge is 2.20. The van der Waals surface area contributed by atoms with Crippen LogP contribution in [-0.2, 0) is 9.47 Å². The molecule has 1 saturated carbocycles. The number of hydrogen-bond acceptors (Lipinski definition) is 2. The highest BCUT2D eigenvalue weighted by atomic mass is 16.5. The van der Waals surface area contributed by atoms with E-state index >= 15 is 0 Å². The Balaban J connectivity index is 1.76. The Morgan fingerprint density at radius 3 is 2.71 bits per heavy atom. The topological polar surface area (TPSA) is 18.5 Å². The van der Waals surface area contributed by atoms with Crippen molar-refractivity contribution in [2.75, 3.05) is 6.61 Å². The van der Waals surface area contributed by atoms with Crippen molar-refractivity contribution in [3.63, 3.8) is 0 Å². The lowest BCUT2D eigenvalue weighted by molar-refractivity contribution is -0.0461. The second-order valence-electron chi connectivity index (χ2n) is 5.44. The zero-order valence-corrected chi connectivity index (χ0v) is 11.1. The summed E-state index contributed by atoms with van der Waals surface area (Å²) in [5.74, 6) is 0. The van der Waals surface area contributed by atoms with Crippen molar-refractivity contribution >= 4 is 0 Å². The summed E-state index contributed by atoms with van der Waals surface area (Å²) in [6, 6.07) is 0. The Morgan fingerprint density at radius 1 is 1.12 bits per heavy atom. The number of ether oxygens (including phenoxy) is 2. The standard InChI is InChI=1S/C15H26O2/c1-13(17-12-14-8-5-6-9-14)15-10-4-2-3-7-11-16-15/h12-13,15H,2-11H2,1H3. The van der Waals surface area contributed by atoms with Gasteiger partial charge >= 0.3 is 0 Å². The van der Waals surface area contributed by atoms with Crippen LogP contribution in [0.4, 0.5) is 0 Å². The maximum Gasteiger partial charge on any atom is 0.121 e. The molecule has 0 aromatic rings. The van der Waals surface area contributed by atoms with Gasteiger partial charge in [0.05, 0.1) is 12.4 Å². The van der Waals surface area contributed by atoms with Gasteiger partial charge in [0, 0.05) is 6.61 Å². The van der Waals surface area contributed by atoms with Crippen LogP contribution in [0, 0.1) is 0 Å². The van der Waals surface area contributed by atoms with Gasteiger partial charge in [0.25, 0.3) is 0 Å². The molecule has 0 amide bonds. The normalized spacial score (nSPS) is 28.3. The van der Waals surface area contributed by atoms with E-state index in [1.807, 2.05) is 6.26 Å². The summed E-state index contributed by atoms with van der Waals surface area (Å²) in [5, 5.41) is 0. The molecule has 0 radical (unpaired) electrons. The zero-order chi connectivity index (χ0) is 11.9. The van der Waals surface area contributed by atoms with Crippen LogP contribution in [0.15, 0.2) is 11.8 Å². The van der Waals surface area contributed by atoms with Crippen LogP contribution in [0.25, 0.3) is 0 Å². The lowest BCUT2D eigenvalue weighted by Crippen LogP contribution is -2.29. The van der Waals surface area contributed by atoms with Gasteiger partial charge in [0.1, 0.15) is 6.10 Å². The predicted molar refractivity (Wildman–Crippen MR) is 69.9 cm³/mol. The third-order valence-corrected chi connectivity index (χ3v) is 3.93. The molecule has 1 heterocycles. The van der Waals surface area contributed by atoms with Crippen molar-refractivity contribution in [1.29, 1.82) is 0 Å². The van der Waals surface area contributed by atoms with Gasteiger partial charge in [0.2, 0.25) is 0 Å². The van der Waals surface area contributed by atoms with Crippen LogP contribution in [0.2, 0.25) is 0 Å². The lowest BCUT2D eigenvalue weighted by atomic mass is 10.0. The van der Waals surface area contributed by atoms with Crippen molar-refractivity contribution in [3.05, 3.63) is 11.8 Å². The fourth-order valence-corrected chi connectivity index (χ4v) is 2.73. The highest BCUT2D eigenvalue weighted by molar-refractivity contribution is 5.02. The van der Waals surface area contributed by atoms with Crippen LogP contribution in [0.3, 0.4) is 0 Å². The third-order valence-electron chi connectivity index (χ3n) is 3.93. The van der Waals surface area contributed by atoms with Gasteiger partial charge in [-0.15, -0.1) is 0 Å². The first-order valence-electron chi connectivity index (χ1n) is 7.31. The molecule has 0 aromatic carbocycles. The van der Waals surface area contributed by atoms with E-state index in [2.05, 4.69) is 6.92 Å². The molecule has 17 heavy (non-hydrogen) atoms. The average molecular weight is 238 g/mol. The van der Waals surface area contributed by atoms with E-state index in [4.69, 9.17) is 9.47 Å². The molecule has 2 unspecified atom stereocenters. The second-order valence-corrected chi connectivity index (χ2v) is 5.44. The molecule has 0 aromatic heterocycles. The molecule has 2 rings (SSSR count). The Bertz CT molecular complexity index is 231. The van der Waals surface area contributed by atoms with Gasteiger partial charge in [-0.05, 0) is 51.0 Å². The minimum Gasteiger partial charge on any atom is -0.496 e. The van der Waals surface area contributed by atoms with Gasteiger partial charge < -0.3 is 9.47 Å². The van der Waals surface area contributed by atoms with Crippen LogP contribution in [0.5, 0.6) is 0 Å². The Labute approximate surface area is 105 Å². The minimum absolute atomic E-state index is 0.209. The molecule has 0 spiro atoms. The zero-order valence-electron chi connectivity index (χ0n) is 11.1. The quantitative estimate of drug-likeness (QED) is 0.686. The van der Waals surface area contributed by atoms with E-state index in [0.717, 1.165) is 13.0 Å². The first-order chi connectivity index (χ1) is 8.36. The van der Waals surface area contributed by atoms with Crippen LogP contribution < -0.4 is 0 Å².